The minimum absolute atomic E-state index is 0.530. The average molecular weight is 157 g/mol. The maximum atomic E-state index is 10.1. The van der Waals surface area contributed by atoms with Gasteiger partial charge in [0.2, 0.25) is 0 Å². The Morgan fingerprint density at radius 1 is 1.60 bits per heavy atom. The molecule has 1 radical (unpaired) electrons. The smallest absolute Gasteiger partial charge is 0.168 e. The van der Waals surface area contributed by atoms with Gasteiger partial charge in [-0.25, -0.2) is 10.1 Å². The zero-order valence-electron chi connectivity index (χ0n) is 5.01. The van der Waals surface area contributed by atoms with E-state index in [-0.39, 0.29) is 0 Å². The van der Waals surface area contributed by atoms with Crippen LogP contribution in [-0.2, 0) is 0 Å². The normalized spacial score (nSPS) is 23.3. The molecule has 0 saturated heterocycles. The maximum absolute atomic E-state index is 10.1. The van der Waals surface area contributed by atoms with Gasteiger partial charge in [-0.1, -0.05) is 23.7 Å². The van der Waals surface area contributed by atoms with E-state index in [4.69, 9.17) is 12.6 Å². The van der Waals surface area contributed by atoms with Crippen LogP contribution in [0.5, 0.6) is 0 Å². The number of hydrogen-bond acceptors (Lipinski definition) is 2. The van der Waals surface area contributed by atoms with Gasteiger partial charge >= 0.3 is 0 Å². The van der Waals surface area contributed by atoms with Crippen LogP contribution in [0.3, 0.4) is 0 Å². The van der Waals surface area contributed by atoms with E-state index in [1.807, 2.05) is 0 Å². The third-order valence-electron chi connectivity index (χ3n) is 1.07. The fourth-order valence-electron chi connectivity index (χ4n) is 0.617. The summed E-state index contributed by atoms with van der Waals surface area (Å²) < 4.78 is 0. The van der Waals surface area contributed by atoms with E-state index in [2.05, 4.69) is 0 Å². The van der Waals surface area contributed by atoms with Crippen molar-refractivity contribution in [2.24, 2.45) is 0 Å². The molecule has 1 aliphatic heterocycles. The van der Waals surface area contributed by atoms with Crippen LogP contribution in [-0.4, -0.2) is 15.4 Å². The summed E-state index contributed by atoms with van der Waals surface area (Å²) in [4.78, 5) is 10.1. The molecule has 1 rings (SSSR count). The van der Waals surface area contributed by atoms with Crippen LogP contribution < -0.4 is 0 Å². The van der Waals surface area contributed by atoms with Crippen LogP contribution in [0.2, 0.25) is 0 Å². The van der Waals surface area contributed by atoms with Crippen molar-refractivity contribution in [2.75, 3.05) is 0 Å². The third-order valence-corrected chi connectivity index (χ3v) is 1.45. The van der Waals surface area contributed by atoms with E-state index in [9.17, 15) is 10.1 Å². The minimum Gasteiger partial charge on any atom is -0.234 e. The summed E-state index contributed by atoms with van der Waals surface area (Å²) in [6.45, 7) is 0. The van der Waals surface area contributed by atoms with Crippen molar-refractivity contribution in [2.45, 2.75) is 5.37 Å². The lowest BCUT2D eigenvalue weighted by molar-refractivity contribution is -0.640. The molecule has 0 saturated carbocycles. The summed E-state index contributed by atoms with van der Waals surface area (Å²) in [7, 11) is 0. The second-order valence-electron chi connectivity index (χ2n) is 1.73. The predicted molar refractivity (Wildman–Crippen MR) is 38.5 cm³/mol. The quantitative estimate of drug-likeness (QED) is 0.422. The topological polar surface area (TPSA) is 46.4 Å². The van der Waals surface area contributed by atoms with Crippen molar-refractivity contribution in [3.05, 3.63) is 34.5 Å². The van der Waals surface area contributed by atoms with Gasteiger partial charge in [-0.15, -0.1) is 0 Å². The van der Waals surface area contributed by atoms with Crippen molar-refractivity contribution in [1.29, 1.82) is 0 Å². The number of nitro groups is 1. The number of allylic oxidation sites excluding steroid dienone is 2. The molecule has 0 aromatic carbocycles. The van der Waals surface area contributed by atoms with Crippen LogP contribution in [0.1, 0.15) is 0 Å². The zero-order chi connectivity index (χ0) is 7.56. The van der Waals surface area contributed by atoms with E-state index in [1.54, 1.807) is 18.2 Å². The first kappa shape index (κ1) is 7.14. The van der Waals surface area contributed by atoms with Gasteiger partial charge in [0.1, 0.15) is 0 Å². The molecule has 1 atom stereocenters. The Kier molecular flexibility index (Phi) is 1.96. The molecule has 1 heterocycles. The average Bonchev–Trinajstić information content (AvgIpc) is 1.88. The van der Waals surface area contributed by atoms with Crippen LogP contribution in [0.15, 0.2) is 24.4 Å². The molecule has 0 aromatic rings. The highest BCUT2D eigenvalue weighted by Crippen LogP contribution is 2.10. The number of rotatable bonds is 1. The Bertz CT molecular complexity index is 202. The molecular weight excluding hydrogens is 152 g/mol. The van der Waals surface area contributed by atoms with Crippen LogP contribution in [0.25, 0.3) is 0 Å². The molecule has 4 nitrogen and oxygen atoms in total. The molecular formula is C5H5N2O2S. The highest BCUT2D eigenvalue weighted by molar-refractivity contribution is 7.81. The summed E-state index contributed by atoms with van der Waals surface area (Å²) in [5.74, 6) is 0. The van der Waals surface area contributed by atoms with Crippen molar-refractivity contribution < 1.29 is 5.03 Å². The molecule has 0 aromatic heterocycles. The first-order valence-corrected chi connectivity index (χ1v) is 3.12. The van der Waals surface area contributed by atoms with E-state index >= 15 is 0 Å². The van der Waals surface area contributed by atoms with Gasteiger partial charge in [0.05, 0.1) is 6.20 Å². The molecule has 0 aliphatic carbocycles. The van der Waals surface area contributed by atoms with Crippen molar-refractivity contribution in [1.82, 2.24) is 5.01 Å². The first-order valence-electron chi connectivity index (χ1n) is 2.65. The largest absolute Gasteiger partial charge is 0.234 e. The lowest BCUT2D eigenvalue weighted by atomic mass is 10.4. The summed E-state index contributed by atoms with van der Waals surface area (Å²) in [6.07, 6.45) is 6.19. The Balaban J connectivity index is 2.70. The highest BCUT2D eigenvalue weighted by Gasteiger charge is 2.19. The van der Waals surface area contributed by atoms with E-state index in [0.717, 1.165) is 5.01 Å². The molecule has 0 amide bonds. The monoisotopic (exact) mass is 157 g/mol. The van der Waals surface area contributed by atoms with Crippen LogP contribution >= 0.6 is 12.6 Å². The molecule has 5 heteroatoms. The number of nitrogens with zero attached hydrogens (tertiary/aromatic N) is 2. The fraction of sp³-hybridized carbons (Fsp3) is 0.200. The fourth-order valence-corrected chi connectivity index (χ4v) is 0.855. The maximum Gasteiger partial charge on any atom is 0.168 e. The molecule has 0 fully saturated rings. The Hall–Kier alpha value is -0.970. The summed E-state index contributed by atoms with van der Waals surface area (Å²) in [5.41, 5.74) is 0. The molecule has 53 valence electrons. The van der Waals surface area contributed by atoms with Gasteiger partial charge in [0.25, 0.3) is 0 Å². The Morgan fingerprint density at radius 3 is 2.70 bits per heavy atom. The van der Waals surface area contributed by atoms with Gasteiger partial charge in [-0.05, 0) is 12.2 Å². The van der Waals surface area contributed by atoms with Gasteiger partial charge in [0, 0.05) is 0 Å². The van der Waals surface area contributed by atoms with Gasteiger partial charge in [-0.3, -0.25) is 0 Å². The predicted octanol–water partition coefficient (Wildman–Crippen LogP) is 1.09. The van der Waals surface area contributed by atoms with Crippen molar-refractivity contribution in [3.63, 3.8) is 0 Å². The molecule has 1 unspecified atom stereocenters. The Labute approximate surface area is 63.4 Å². The van der Waals surface area contributed by atoms with Crippen LogP contribution in [0, 0.1) is 10.1 Å². The van der Waals surface area contributed by atoms with Crippen molar-refractivity contribution in [3.8, 4) is 0 Å². The first-order chi connectivity index (χ1) is 4.72. The molecule has 1 aliphatic rings. The molecule has 0 bridgehead atoms. The SMILES string of the molecule is O=[N+]([O-])N1C=CC=CC1[S]. The van der Waals surface area contributed by atoms with Crippen molar-refractivity contribution >= 4 is 12.6 Å². The minimum atomic E-state index is -0.556. The van der Waals surface area contributed by atoms with Gasteiger partial charge < -0.3 is 0 Å². The van der Waals surface area contributed by atoms with Crippen LogP contribution in [0.4, 0.5) is 0 Å². The number of hydrazine groups is 1. The summed E-state index contributed by atoms with van der Waals surface area (Å²) >= 11 is 4.73. The molecule has 10 heavy (non-hydrogen) atoms. The lowest BCUT2D eigenvalue weighted by Crippen LogP contribution is -2.31. The highest BCUT2D eigenvalue weighted by atomic mass is 32.1. The second-order valence-corrected chi connectivity index (χ2v) is 2.22. The molecule has 0 N–H and O–H groups in total. The second kappa shape index (κ2) is 2.74. The van der Waals surface area contributed by atoms with E-state index in [0.29, 0.717) is 0 Å². The number of hydrogen-bond donors (Lipinski definition) is 0. The lowest BCUT2D eigenvalue weighted by Gasteiger charge is -2.14. The van der Waals surface area contributed by atoms with Gasteiger partial charge in [-0.2, -0.15) is 0 Å². The molecule has 0 spiro atoms. The van der Waals surface area contributed by atoms with E-state index < -0.39 is 10.4 Å². The Morgan fingerprint density at radius 2 is 2.30 bits per heavy atom. The standard InChI is InChI=1S/C5H5N2O2S/c8-7(9)6-4-2-1-3-5(6)10/h1-5H. The summed E-state index contributed by atoms with van der Waals surface area (Å²) in [6, 6.07) is 0. The van der Waals surface area contributed by atoms with E-state index in [1.165, 1.54) is 6.20 Å². The third kappa shape index (κ3) is 1.30. The van der Waals surface area contributed by atoms with Gasteiger partial charge in [0.15, 0.2) is 10.4 Å². The summed E-state index contributed by atoms with van der Waals surface area (Å²) in [5, 5.41) is 9.93. The zero-order valence-corrected chi connectivity index (χ0v) is 5.82.